The van der Waals surface area contributed by atoms with Gasteiger partial charge in [-0.25, -0.2) is 9.50 Å². The smallest absolute Gasteiger partial charge is 0.256 e. The van der Waals surface area contributed by atoms with Crippen molar-refractivity contribution in [1.82, 2.24) is 24.8 Å². The molecular weight excluding hydrogens is 370 g/mol. The van der Waals surface area contributed by atoms with E-state index in [9.17, 15) is 4.79 Å². The lowest BCUT2D eigenvalue weighted by Gasteiger charge is -2.36. The molecule has 4 heterocycles. The summed E-state index contributed by atoms with van der Waals surface area (Å²) in [6.07, 6.45) is 4.05. The molecule has 1 aliphatic heterocycles. The van der Waals surface area contributed by atoms with Gasteiger partial charge in [-0.3, -0.25) is 9.69 Å². The zero-order valence-corrected chi connectivity index (χ0v) is 17.5. The van der Waals surface area contributed by atoms with Gasteiger partial charge in [0.05, 0.1) is 12.2 Å². The summed E-state index contributed by atoms with van der Waals surface area (Å²) in [6, 6.07) is 6.44. The Labute approximate surface area is 169 Å². The van der Waals surface area contributed by atoms with Crippen molar-refractivity contribution in [3.8, 4) is 0 Å². The Morgan fingerprint density at radius 1 is 1.36 bits per heavy atom. The van der Waals surface area contributed by atoms with Gasteiger partial charge < -0.3 is 5.32 Å². The highest BCUT2D eigenvalue weighted by atomic mass is 32.1. The highest BCUT2D eigenvalue weighted by Crippen LogP contribution is 2.29. The van der Waals surface area contributed by atoms with Crippen molar-refractivity contribution in [3.05, 3.63) is 51.6 Å². The molecule has 1 unspecified atom stereocenters. The van der Waals surface area contributed by atoms with Crippen LogP contribution in [0.3, 0.4) is 0 Å². The summed E-state index contributed by atoms with van der Waals surface area (Å²) in [4.78, 5) is 21.3. The van der Waals surface area contributed by atoms with Crippen molar-refractivity contribution in [1.29, 1.82) is 0 Å². The fraction of sp³-hybridized carbons (Fsp3) is 0.476. The van der Waals surface area contributed by atoms with Gasteiger partial charge in [-0.05, 0) is 63.2 Å². The molecule has 1 atom stereocenters. The van der Waals surface area contributed by atoms with E-state index in [1.54, 1.807) is 22.0 Å². The lowest BCUT2D eigenvalue weighted by molar-refractivity contribution is 0.0916. The molecular formula is C21H27N5OS. The number of rotatable bonds is 5. The van der Waals surface area contributed by atoms with Crippen LogP contribution in [0.4, 0.5) is 0 Å². The predicted octanol–water partition coefficient (Wildman–Crippen LogP) is 3.61. The summed E-state index contributed by atoms with van der Waals surface area (Å²) in [6.45, 7) is 8.98. The Balaban J connectivity index is 1.52. The van der Waals surface area contributed by atoms with Crippen LogP contribution < -0.4 is 5.32 Å². The first-order valence-electron chi connectivity index (χ1n) is 9.90. The molecule has 0 bridgehead atoms. The van der Waals surface area contributed by atoms with Crippen molar-refractivity contribution in [3.63, 3.8) is 0 Å². The maximum absolute atomic E-state index is 12.9. The number of aryl methyl sites for hydroxylation is 2. The normalized spacial score (nSPS) is 17.1. The van der Waals surface area contributed by atoms with Crippen LogP contribution >= 0.6 is 11.3 Å². The minimum Gasteiger partial charge on any atom is -0.350 e. The van der Waals surface area contributed by atoms with Crippen LogP contribution in [0, 0.1) is 19.8 Å². The number of nitrogens with one attached hydrogen (secondary N) is 1. The molecule has 1 aliphatic rings. The number of hydrogen-bond donors (Lipinski definition) is 1. The summed E-state index contributed by atoms with van der Waals surface area (Å²) in [5.41, 5.74) is 3.01. The van der Waals surface area contributed by atoms with Crippen molar-refractivity contribution in [2.24, 2.45) is 5.92 Å². The van der Waals surface area contributed by atoms with Crippen LogP contribution in [0.25, 0.3) is 5.65 Å². The number of nitrogens with zero attached hydrogens (tertiary/aromatic N) is 4. The minimum absolute atomic E-state index is 0.112. The minimum atomic E-state index is -0.112. The summed E-state index contributed by atoms with van der Waals surface area (Å²) in [5, 5.41) is 9.59. The fourth-order valence-electron chi connectivity index (χ4n) is 3.95. The third kappa shape index (κ3) is 3.82. The van der Waals surface area contributed by atoms with Crippen LogP contribution in [-0.2, 0) is 0 Å². The number of amides is 1. The van der Waals surface area contributed by atoms with E-state index in [0.29, 0.717) is 17.8 Å². The summed E-state index contributed by atoms with van der Waals surface area (Å²) < 4.78 is 1.73. The first kappa shape index (κ1) is 19.1. The molecule has 1 fully saturated rings. The van der Waals surface area contributed by atoms with Crippen LogP contribution in [0.5, 0.6) is 0 Å². The van der Waals surface area contributed by atoms with Crippen molar-refractivity contribution in [2.45, 2.75) is 39.7 Å². The number of likely N-dealkylation sites (tertiary alicyclic amines) is 1. The van der Waals surface area contributed by atoms with Gasteiger partial charge in [0, 0.05) is 22.8 Å². The summed E-state index contributed by atoms with van der Waals surface area (Å²) in [5.74, 6) is 0.672. The first-order valence-corrected chi connectivity index (χ1v) is 10.8. The highest BCUT2D eigenvalue weighted by molar-refractivity contribution is 7.10. The van der Waals surface area contributed by atoms with Gasteiger partial charge in [0.15, 0.2) is 5.65 Å². The molecule has 0 spiro atoms. The number of hydrogen-bond acceptors (Lipinski definition) is 5. The molecule has 0 aromatic carbocycles. The van der Waals surface area contributed by atoms with E-state index >= 15 is 0 Å². The van der Waals surface area contributed by atoms with Crippen LogP contribution in [-0.4, -0.2) is 45.0 Å². The molecule has 148 valence electrons. The Bertz CT molecular complexity index is 957. The summed E-state index contributed by atoms with van der Waals surface area (Å²) in [7, 11) is 0. The van der Waals surface area contributed by atoms with E-state index in [0.717, 1.165) is 30.4 Å². The van der Waals surface area contributed by atoms with E-state index in [1.807, 2.05) is 19.9 Å². The van der Waals surface area contributed by atoms with Gasteiger partial charge in [-0.1, -0.05) is 13.0 Å². The number of thiophene rings is 1. The first-order chi connectivity index (χ1) is 13.5. The largest absolute Gasteiger partial charge is 0.350 e. The second kappa shape index (κ2) is 8.01. The van der Waals surface area contributed by atoms with E-state index in [1.165, 1.54) is 17.7 Å². The van der Waals surface area contributed by atoms with Gasteiger partial charge in [0.2, 0.25) is 0 Å². The van der Waals surface area contributed by atoms with Gasteiger partial charge in [-0.15, -0.1) is 11.3 Å². The molecule has 0 aliphatic carbocycles. The van der Waals surface area contributed by atoms with Crippen LogP contribution in [0.1, 0.15) is 52.4 Å². The standard InChI is InChI=1S/C21H27N5OS/c1-14-6-8-25(9-7-14)18(19-5-4-10-28-19)13-22-21(27)17-12-23-26-16(3)11-15(2)24-20(17)26/h4-5,10-12,14,18H,6-9,13H2,1-3H3,(H,22,27). The average molecular weight is 398 g/mol. The molecule has 0 saturated carbocycles. The quantitative estimate of drug-likeness (QED) is 0.714. The third-order valence-corrected chi connectivity index (χ3v) is 6.58. The average Bonchev–Trinajstić information content (AvgIpc) is 3.33. The third-order valence-electron chi connectivity index (χ3n) is 5.61. The maximum Gasteiger partial charge on any atom is 0.256 e. The molecule has 3 aromatic heterocycles. The molecule has 4 rings (SSSR count). The zero-order valence-electron chi connectivity index (χ0n) is 16.7. The second-order valence-electron chi connectivity index (χ2n) is 7.79. The van der Waals surface area contributed by atoms with Crippen molar-refractivity contribution in [2.75, 3.05) is 19.6 Å². The van der Waals surface area contributed by atoms with Gasteiger partial charge in [0.1, 0.15) is 5.56 Å². The molecule has 7 heteroatoms. The van der Waals surface area contributed by atoms with Gasteiger partial charge in [-0.2, -0.15) is 5.10 Å². The van der Waals surface area contributed by atoms with E-state index in [4.69, 9.17) is 0 Å². The topological polar surface area (TPSA) is 62.5 Å². The van der Waals surface area contributed by atoms with Gasteiger partial charge in [0.25, 0.3) is 5.91 Å². The lowest BCUT2D eigenvalue weighted by atomic mass is 9.97. The lowest BCUT2D eigenvalue weighted by Crippen LogP contribution is -2.41. The number of aromatic nitrogens is 3. The molecule has 1 N–H and O–H groups in total. The molecule has 6 nitrogen and oxygen atoms in total. The summed E-state index contributed by atoms with van der Waals surface area (Å²) >= 11 is 1.76. The number of carbonyl (C=O) groups excluding carboxylic acids is 1. The molecule has 28 heavy (non-hydrogen) atoms. The van der Waals surface area contributed by atoms with E-state index in [2.05, 4.69) is 44.7 Å². The fourth-order valence-corrected chi connectivity index (χ4v) is 4.81. The monoisotopic (exact) mass is 397 g/mol. The molecule has 0 radical (unpaired) electrons. The molecule has 1 amide bonds. The maximum atomic E-state index is 12.9. The Morgan fingerprint density at radius 2 is 2.14 bits per heavy atom. The molecule has 1 saturated heterocycles. The van der Waals surface area contributed by atoms with Crippen LogP contribution in [0.2, 0.25) is 0 Å². The zero-order chi connectivity index (χ0) is 19.7. The number of carbonyl (C=O) groups is 1. The second-order valence-corrected chi connectivity index (χ2v) is 8.77. The highest BCUT2D eigenvalue weighted by Gasteiger charge is 2.26. The number of piperidine rings is 1. The SMILES string of the molecule is Cc1cc(C)n2ncc(C(=O)NCC(c3cccs3)N3CCC(C)CC3)c2n1. The van der Waals surface area contributed by atoms with Crippen molar-refractivity contribution < 1.29 is 4.79 Å². The predicted molar refractivity (Wildman–Crippen MR) is 112 cm³/mol. The van der Waals surface area contributed by atoms with Gasteiger partial charge >= 0.3 is 0 Å². The van der Waals surface area contributed by atoms with Crippen LogP contribution in [0.15, 0.2) is 29.8 Å². The Kier molecular flexibility index (Phi) is 5.46. The van der Waals surface area contributed by atoms with E-state index in [-0.39, 0.29) is 11.9 Å². The molecule has 3 aromatic rings. The van der Waals surface area contributed by atoms with Crippen molar-refractivity contribution >= 4 is 22.9 Å². The number of fused-ring (bicyclic) bond motifs is 1. The van der Waals surface area contributed by atoms with E-state index < -0.39 is 0 Å². The Hall–Kier alpha value is -2.25. The Morgan fingerprint density at radius 3 is 2.86 bits per heavy atom.